The summed E-state index contributed by atoms with van der Waals surface area (Å²) in [4.78, 5) is 12.0. The van der Waals surface area contributed by atoms with Crippen molar-refractivity contribution in [1.82, 2.24) is 5.32 Å². The topological polar surface area (TPSA) is 68.8 Å². The van der Waals surface area contributed by atoms with Gasteiger partial charge in [0.2, 0.25) is 0 Å². The minimum atomic E-state index is -0.435. The molecule has 0 aliphatic heterocycles. The van der Waals surface area contributed by atoms with E-state index in [0.717, 1.165) is 11.3 Å². The van der Waals surface area contributed by atoms with Gasteiger partial charge < -0.3 is 24.8 Å². The summed E-state index contributed by atoms with van der Waals surface area (Å²) >= 11 is 0. The van der Waals surface area contributed by atoms with Crippen molar-refractivity contribution in [2.24, 2.45) is 0 Å². The SMILES string of the molecule is COCCOc1ccc(CNC(=O)Nc2ccc(F)cc2OC)cc1. The number of amides is 2. The summed E-state index contributed by atoms with van der Waals surface area (Å²) in [7, 11) is 3.03. The van der Waals surface area contributed by atoms with Crippen molar-refractivity contribution in [2.75, 3.05) is 32.8 Å². The number of anilines is 1. The third-order valence-corrected chi connectivity index (χ3v) is 3.34. The van der Waals surface area contributed by atoms with Gasteiger partial charge in [-0.3, -0.25) is 0 Å². The first kappa shape index (κ1) is 18.5. The highest BCUT2D eigenvalue weighted by Crippen LogP contribution is 2.24. The van der Waals surface area contributed by atoms with Crippen LogP contribution in [0.15, 0.2) is 42.5 Å². The first-order valence-corrected chi connectivity index (χ1v) is 7.71. The highest BCUT2D eigenvalue weighted by Gasteiger charge is 2.08. The van der Waals surface area contributed by atoms with Gasteiger partial charge in [0, 0.05) is 19.7 Å². The predicted molar refractivity (Wildman–Crippen MR) is 92.6 cm³/mol. The Morgan fingerprint density at radius 2 is 1.84 bits per heavy atom. The van der Waals surface area contributed by atoms with Crippen molar-refractivity contribution < 1.29 is 23.4 Å². The highest BCUT2D eigenvalue weighted by atomic mass is 19.1. The van der Waals surface area contributed by atoms with E-state index in [0.29, 0.717) is 25.4 Å². The van der Waals surface area contributed by atoms with Crippen molar-refractivity contribution in [3.05, 3.63) is 53.8 Å². The lowest BCUT2D eigenvalue weighted by Gasteiger charge is -2.11. The van der Waals surface area contributed by atoms with Crippen LogP contribution >= 0.6 is 0 Å². The van der Waals surface area contributed by atoms with Gasteiger partial charge in [0.05, 0.1) is 19.4 Å². The molecule has 0 atom stereocenters. The van der Waals surface area contributed by atoms with Crippen LogP contribution in [0.5, 0.6) is 11.5 Å². The second-order valence-electron chi connectivity index (χ2n) is 5.14. The zero-order valence-corrected chi connectivity index (χ0v) is 14.2. The number of nitrogens with one attached hydrogen (secondary N) is 2. The van der Waals surface area contributed by atoms with E-state index >= 15 is 0 Å². The second-order valence-corrected chi connectivity index (χ2v) is 5.14. The van der Waals surface area contributed by atoms with Crippen molar-refractivity contribution >= 4 is 11.7 Å². The molecule has 0 unspecified atom stereocenters. The van der Waals surface area contributed by atoms with Crippen LogP contribution in [0.4, 0.5) is 14.9 Å². The van der Waals surface area contributed by atoms with Crippen LogP contribution in [0.3, 0.4) is 0 Å². The van der Waals surface area contributed by atoms with E-state index in [4.69, 9.17) is 14.2 Å². The number of urea groups is 1. The molecular weight excluding hydrogens is 327 g/mol. The van der Waals surface area contributed by atoms with Crippen LogP contribution in [0.25, 0.3) is 0 Å². The molecule has 0 saturated carbocycles. The molecule has 25 heavy (non-hydrogen) atoms. The number of carbonyl (C=O) groups is 1. The number of ether oxygens (including phenoxy) is 3. The Balaban J connectivity index is 1.83. The lowest BCUT2D eigenvalue weighted by molar-refractivity contribution is 0.146. The first-order chi connectivity index (χ1) is 12.1. The van der Waals surface area contributed by atoms with E-state index in [-0.39, 0.29) is 5.75 Å². The van der Waals surface area contributed by atoms with Gasteiger partial charge in [0.15, 0.2) is 0 Å². The van der Waals surface area contributed by atoms with Crippen molar-refractivity contribution in [2.45, 2.75) is 6.54 Å². The molecule has 0 radical (unpaired) electrons. The molecule has 2 rings (SSSR count). The molecule has 0 heterocycles. The standard InChI is InChI=1S/C18H21FN2O4/c1-23-9-10-25-15-6-3-13(4-7-15)12-20-18(22)21-16-8-5-14(19)11-17(16)24-2/h3-8,11H,9-10,12H2,1-2H3,(H2,20,21,22). The van der Waals surface area contributed by atoms with Gasteiger partial charge in [0.1, 0.15) is 23.9 Å². The normalized spacial score (nSPS) is 10.2. The Kier molecular flexibility index (Phi) is 7.03. The summed E-state index contributed by atoms with van der Waals surface area (Å²) in [5.41, 5.74) is 1.31. The first-order valence-electron chi connectivity index (χ1n) is 7.71. The number of hydrogen-bond donors (Lipinski definition) is 2. The number of halogens is 1. The summed E-state index contributed by atoms with van der Waals surface area (Å²) in [6, 6.07) is 10.9. The van der Waals surface area contributed by atoms with Gasteiger partial charge in [-0.1, -0.05) is 12.1 Å². The van der Waals surface area contributed by atoms with E-state index in [1.807, 2.05) is 24.3 Å². The van der Waals surface area contributed by atoms with Gasteiger partial charge in [-0.05, 0) is 29.8 Å². The Morgan fingerprint density at radius 1 is 1.08 bits per heavy atom. The van der Waals surface area contributed by atoms with Crippen LogP contribution in [0.2, 0.25) is 0 Å². The molecule has 0 aromatic heterocycles. The monoisotopic (exact) mass is 348 g/mol. The third-order valence-electron chi connectivity index (χ3n) is 3.34. The molecular formula is C18H21FN2O4. The van der Waals surface area contributed by atoms with Crippen LogP contribution in [-0.2, 0) is 11.3 Å². The molecule has 6 nitrogen and oxygen atoms in total. The Bertz CT molecular complexity index is 692. The summed E-state index contributed by atoms with van der Waals surface area (Å²) in [6.45, 7) is 1.35. The number of benzene rings is 2. The van der Waals surface area contributed by atoms with Crippen molar-refractivity contribution in [1.29, 1.82) is 0 Å². The molecule has 2 amide bonds. The largest absolute Gasteiger partial charge is 0.494 e. The Labute approximate surface area is 145 Å². The third kappa shape index (κ3) is 5.96. The van der Waals surface area contributed by atoms with Gasteiger partial charge >= 0.3 is 6.03 Å². The maximum Gasteiger partial charge on any atom is 0.319 e. The number of hydrogen-bond acceptors (Lipinski definition) is 4. The average Bonchev–Trinajstić information content (AvgIpc) is 2.62. The molecule has 0 bridgehead atoms. The summed E-state index contributed by atoms with van der Waals surface area (Å²) < 4.78 is 28.6. The van der Waals surface area contributed by atoms with Gasteiger partial charge in [-0.15, -0.1) is 0 Å². The molecule has 0 aliphatic rings. The lowest BCUT2D eigenvalue weighted by Crippen LogP contribution is -2.28. The van der Waals surface area contributed by atoms with E-state index in [1.165, 1.54) is 25.3 Å². The zero-order chi connectivity index (χ0) is 18.1. The molecule has 7 heteroatoms. The van der Waals surface area contributed by atoms with Gasteiger partial charge in [0.25, 0.3) is 0 Å². The second kappa shape index (κ2) is 9.48. The lowest BCUT2D eigenvalue weighted by atomic mass is 10.2. The molecule has 134 valence electrons. The van der Waals surface area contributed by atoms with E-state index < -0.39 is 11.8 Å². The maximum absolute atomic E-state index is 13.1. The minimum Gasteiger partial charge on any atom is -0.494 e. The van der Waals surface area contributed by atoms with Crippen molar-refractivity contribution in [3.8, 4) is 11.5 Å². The number of rotatable bonds is 8. The quantitative estimate of drug-likeness (QED) is 0.719. The Morgan fingerprint density at radius 3 is 2.52 bits per heavy atom. The van der Waals surface area contributed by atoms with E-state index in [1.54, 1.807) is 7.11 Å². The van der Waals surface area contributed by atoms with Crippen LogP contribution in [-0.4, -0.2) is 33.5 Å². The molecule has 0 saturated heterocycles. The molecule has 2 aromatic rings. The van der Waals surface area contributed by atoms with Crippen LogP contribution in [0.1, 0.15) is 5.56 Å². The van der Waals surface area contributed by atoms with Crippen LogP contribution in [0, 0.1) is 5.82 Å². The predicted octanol–water partition coefficient (Wildman–Crippen LogP) is 3.18. The fraction of sp³-hybridized carbons (Fsp3) is 0.278. The molecule has 2 N–H and O–H groups in total. The van der Waals surface area contributed by atoms with E-state index in [2.05, 4.69) is 10.6 Å². The molecule has 0 fully saturated rings. The van der Waals surface area contributed by atoms with Gasteiger partial charge in [-0.25, -0.2) is 9.18 Å². The minimum absolute atomic E-state index is 0.257. The number of carbonyl (C=O) groups excluding carboxylic acids is 1. The smallest absolute Gasteiger partial charge is 0.319 e. The molecule has 2 aromatic carbocycles. The maximum atomic E-state index is 13.1. The highest BCUT2D eigenvalue weighted by molar-refractivity contribution is 5.90. The number of methoxy groups -OCH3 is 2. The summed E-state index contributed by atoms with van der Waals surface area (Å²) in [6.07, 6.45) is 0. The fourth-order valence-corrected chi connectivity index (χ4v) is 2.06. The molecule has 0 aliphatic carbocycles. The van der Waals surface area contributed by atoms with Crippen molar-refractivity contribution in [3.63, 3.8) is 0 Å². The zero-order valence-electron chi connectivity index (χ0n) is 14.2. The average molecular weight is 348 g/mol. The van der Waals surface area contributed by atoms with E-state index in [9.17, 15) is 9.18 Å². The summed E-state index contributed by atoms with van der Waals surface area (Å²) in [5.74, 6) is 0.560. The Hall–Kier alpha value is -2.80. The summed E-state index contributed by atoms with van der Waals surface area (Å²) in [5, 5.41) is 5.35. The van der Waals surface area contributed by atoms with Crippen LogP contribution < -0.4 is 20.1 Å². The molecule has 0 spiro atoms. The van der Waals surface area contributed by atoms with Gasteiger partial charge in [-0.2, -0.15) is 0 Å². The fourth-order valence-electron chi connectivity index (χ4n) is 2.06.